The Hall–Kier alpha value is -1.53. The van der Waals surface area contributed by atoms with Crippen LogP contribution in [0.25, 0.3) is 10.8 Å². The third-order valence-corrected chi connectivity index (χ3v) is 5.29. The van der Waals surface area contributed by atoms with E-state index < -0.39 is 12.0 Å². The summed E-state index contributed by atoms with van der Waals surface area (Å²) in [6.07, 6.45) is 0. The molecule has 0 unspecified atom stereocenters. The Kier molecular flexibility index (Phi) is 5.85. The van der Waals surface area contributed by atoms with E-state index in [0.29, 0.717) is 0 Å². The van der Waals surface area contributed by atoms with E-state index in [9.17, 15) is 9.59 Å². The second-order valence-electron chi connectivity index (χ2n) is 4.70. The third-order valence-electron chi connectivity index (χ3n) is 3.12. The molecule has 1 amide bonds. The normalized spacial score (nSPS) is 12.0. The van der Waals surface area contributed by atoms with Crippen molar-refractivity contribution in [3.8, 4) is 0 Å². The number of carbonyl (C=O) groups excluding carboxylic acids is 2. The van der Waals surface area contributed by atoms with E-state index in [1.54, 1.807) is 6.92 Å². The fraction of sp³-hybridized carbons (Fsp3) is 0.250. The molecule has 1 N–H and O–H groups in total. The highest BCUT2D eigenvalue weighted by Crippen LogP contribution is 2.33. The topological polar surface area (TPSA) is 55.4 Å². The van der Waals surface area contributed by atoms with Crippen molar-refractivity contribution >= 4 is 50.3 Å². The smallest absolute Gasteiger partial charge is 0.328 e. The quantitative estimate of drug-likeness (QED) is 0.637. The van der Waals surface area contributed by atoms with Crippen molar-refractivity contribution in [3.05, 3.63) is 40.9 Å². The van der Waals surface area contributed by atoms with Crippen LogP contribution in [0.4, 0.5) is 0 Å². The minimum atomic E-state index is -0.641. The maximum absolute atomic E-state index is 11.9. The molecule has 0 fully saturated rings. The number of methoxy groups -OCH3 is 1. The van der Waals surface area contributed by atoms with Gasteiger partial charge >= 0.3 is 5.97 Å². The molecular weight excluding hydrogens is 366 g/mol. The van der Waals surface area contributed by atoms with Crippen LogP contribution in [0.1, 0.15) is 6.92 Å². The molecule has 22 heavy (non-hydrogen) atoms. The molecule has 0 spiro atoms. The lowest BCUT2D eigenvalue weighted by Gasteiger charge is -2.12. The van der Waals surface area contributed by atoms with Gasteiger partial charge in [0.15, 0.2) is 0 Å². The molecule has 0 saturated heterocycles. The van der Waals surface area contributed by atoms with Crippen molar-refractivity contribution in [1.29, 1.82) is 0 Å². The molecule has 4 nitrogen and oxygen atoms in total. The van der Waals surface area contributed by atoms with Crippen LogP contribution in [-0.2, 0) is 14.3 Å². The average Bonchev–Trinajstić information content (AvgIpc) is 2.53. The number of benzene rings is 2. The highest BCUT2D eigenvalue weighted by molar-refractivity contribution is 9.10. The lowest BCUT2D eigenvalue weighted by Crippen LogP contribution is -2.40. The van der Waals surface area contributed by atoms with Crippen molar-refractivity contribution in [1.82, 2.24) is 5.32 Å². The molecule has 0 aliphatic heterocycles. The summed E-state index contributed by atoms with van der Waals surface area (Å²) in [5.41, 5.74) is 0. The zero-order chi connectivity index (χ0) is 16.1. The number of carbonyl (C=O) groups is 2. The fourth-order valence-corrected chi connectivity index (χ4v) is 3.59. The van der Waals surface area contributed by atoms with Gasteiger partial charge in [-0.1, -0.05) is 30.3 Å². The Morgan fingerprint density at radius 2 is 2.00 bits per heavy atom. The van der Waals surface area contributed by atoms with Gasteiger partial charge in [-0.15, -0.1) is 11.8 Å². The predicted molar refractivity (Wildman–Crippen MR) is 92.0 cm³/mol. The van der Waals surface area contributed by atoms with Crippen molar-refractivity contribution in [3.63, 3.8) is 0 Å². The molecule has 1 atom stereocenters. The monoisotopic (exact) mass is 381 g/mol. The largest absolute Gasteiger partial charge is 0.467 e. The van der Waals surface area contributed by atoms with Crippen molar-refractivity contribution in [2.24, 2.45) is 0 Å². The number of thioether (sulfide) groups is 1. The van der Waals surface area contributed by atoms with Crippen molar-refractivity contribution in [2.45, 2.75) is 17.9 Å². The van der Waals surface area contributed by atoms with Gasteiger partial charge in [0, 0.05) is 9.37 Å². The molecule has 0 bridgehead atoms. The number of hydrogen-bond acceptors (Lipinski definition) is 4. The molecule has 2 aromatic carbocycles. The molecule has 2 aromatic rings. The fourth-order valence-electron chi connectivity index (χ4n) is 1.99. The Morgan fingerprint density at radius 3 is 2.73 bits per heavy atom. The van der Waals surface area contributed by atoms with E-state index in [2.05, 4.69) is 26.0 Å². The first-order chi connectivity index (χ1) is 10.5. The minimum absolute atomic E-state index is 0.206. The summed E-state index contributed by atoms with van der Waals surface area (Å²) in [6, 6.07) is 11.4. The predicted octanol–water partition coefficient (Wildman–Crippen LogP) is 3.37. The summed E-state index contributed by atoms with van der Waals surface area (Å²) in [4.78, 5) is 24.1. The molecule has 0 radical (unpaired) electrons. The first-order valence-corrected chi connectivity index (χ1v) is 8.48. The van der Waals surface area contributed by atoms with E-state index in [-0.39, 0.29) is 11.7 Å². The van der Waals surface area contributed by atoms with Gasteiger partial charge in [0.2, 0.25) is 5.91 Å². The molecule has 0 aliphatic carbocycles. The second-order valence-corrected chi connectivity index (χ2v) is 6.51. The highest BCUT2D eigenvalue weighted by Gasteiger charge is 2.16. The molecule has 0 heterocycles. The van der Waals surface area contributed by atoms with Gasteiger partial charge in [0.1, 0.15) is 6.04 Å². The number of esters is 1. The van der Waals surface area contributed by atoms with Crippen LogP contribution >= 0.6 is 27.7 Å². The summed E-state index contributed by atoms with van der Waals surface area (Å²) < 4.78 is 5.55. The lowest BCUT2D eigenvalue weighted by atomic mass is 10.1. The number of hydrogen-bond donors (Lipinski definition) is 1. The van der Waals surface area contributed by atoms with Gasteiger partial charge in [-0.3, -0.25) is 4.79 Å². The van der Waals surface area contributed by atoms with E-state index in [1.807, 2.05) is 36.4 Å². The SMILES string of the molecule is COC(=O)[C@H](C)NC(=O)CSc1ccc2ccccc2c1Br. The Labute approximate surface area is 141 Å². The summed E-state index contributed by atoms with van der Waals surface area (Å²) in [5.74, 6) is -0.425. The number of halogens is 1. The van der Waals surface area contributed by atoms with Crippen LogP contribution in [0.5, 0.6) is 0 Å². The summed E-state index contributed by atoms with van der Waals surface area (Å²) in [5, 5.41) is 4.86. The van der Waals surface area contributed by atoms with E-state index in [0.717, 1.165) is 20.1 Å². The van der Waals surface area contributed by atoms with Gasteiger partial charge in [0.25, 0.3) is 0 Å². The Balaban J connectivity index is 2.01. The number of nitrogens with one attached hydrogen (secondary N) is 1. The van der Waals surface area contributed by atoms with E-state index in [4.69, 9.17) is 0 Å². The maximum Gasteiger partial charge on any atom is 0.328 e. The van der Waals surface area contributed by atoms with Crippen molar-refractivity contribution < 1.29 is 14.3 Å². The third kappa shape index (κ3) is 4.01. The number of amides is 1. The average molecular weight is 382 g/mol. The summed E-state index contributed by atoms with van der Waals surface area (Å²) in [7, 11) is 1.30. The van der Waals surface area contributed by atoms with E-state index >= 15 is 0 Å². The lowest BCUT2D eigenvalue weighted by molar-refractivity contribution is -0.144. The molecule has 0 aromatic heterocycles. The summed E-state index contributed by atoms with van der Waals surface area (Å²) in [6.45, 7) is 1.60. The zero-order valence-electron chi connectivity index (χ0n) is 12.3. The number of fused-ring (bicyclic) bond motifs is 1. The van der Waals surface area contributed by atoms with Crippen LogP contribution in [0.2, 0.25) is 0 Å². The number of ether oxygens (including phenoxy) is 1. The Morgan fingerprint density at radius 1 is 1.27 bits per heavy atom. The van der Waals surface area contributed by atoms with Crippen LogP contribution in [0.15, 0.2) is 45.8 Å². The highest BCUT2D eigenvalue weighted by atomic mass is 79.9. The molecule has 0 aliphatic rings. The van der Waals surface area contributed by atoms with Gasteiger partial charge in [0.05, 0.1) is 12.9 Å². The van der Waals surface area contributed by atoms with Crippen LogP contribution in [0, 0.1) is 0 Å². The van der Waals surface area contributed by atoms with Gasteiger partial charge in [-0.05, 0) is 39.7 Å². The first-order valence-electron chi connectivity index (χ1n) is 6.70. The number of rotatable bonds is 5. The van der Waals surface area contributed by atoms with E-state index in [1.165, 1.54) is 18.9 Å². The molecular formula is C16H16BrNO3S. The van der Waals surface area contributed by atoms with Gasteiger partial charge in [-0.25, -0.2) is 4.79 Å². The molecule has 2 rings (SSSR count). The van der Waals surface area contributed by atoms with Crippen molar-refractivity contribution in [2.75, 3.05) is 12.9 Å². The first kappa shape index (κ1) is 16.8. The van der Waals surface area contributed by atoms with Crippen LogP contribution in [0.3, 0.4) is 0 Å². The standard InChI is InChI=1S/C16H16BrNO3S/c1-10(16(20)21-2)18-14(19)9-22-13-8-7-11-5-3-4-6-12(11)15(13)17/h3-8,10H,9H2,1-2H3,(H,18,19)/t10-/m0/s1. The zero-order valence-corrected chi connectivity index (χ0v) is 14.7. The van der Waals surface area contributed by atoms with Gasteiger partial charge < -0.3 is 10.1 Å². The second kappa shape index (κ2) is 7.65. The summed E-state index contributed by atoms with van der Waals surface area (Å²) >= 11 is 5.01. The minimum Gasteiger partial charge on any atom is -0.467 e. The molecule has 0 saturated carbocycles. The molecule has 6 heteroatoms. The maximum atomic E-state index is 11.9. The Bertz CT molecular complexity index is 705. The van der Waals surface area contributed by atoms with Crippen LogP contribution < -0.4 is 5.32 Å². The van der Waals surface area contributed by atoms with Gasteiger partial charge in [-0.2, -0.15) is 0 Å². The molecule has 116 valence electrons. The van der Waals surface area contributed by atoms with Crippen LogP contribution in [-0.4, -0.2) is 30.8 Å².